The van der Waals surface area contributed by atoms with Crippen LogP contribution < -0.4 is 21.7 Å². The van der Waals surface area contributed by atoms with E-state index in [-0.39, 0.29) is 39.1 Å². The molecule has 0 saturated carbocycles. The predicted octanol–water partition coefficient (Wildman–Crippen LogP) is 4.73. The van der Waals surface area contributed by atoms with Crippen molar-refractivity contribution in [2.24, 2.45) is 16.0 Å². The van der Waals surface area contributed by atoms with Crippen molar-refractivity contribution < 1.29 is 52.1 Å². The molecule has 282 valence electrons. The molecule has 8 N–H and O–H groups in total. The van der Waals surface area contributed by atoms with Gasteiger partial charge in [-0.25, -0.2) is 13.2 Å². The standard InChI is InChI=1S/C28H22ClN9O12S4/c1-2-51(40,41)17-6-3-15(4-7-17)31-27-34-25(29)35-28(36-27)32-16-5-8-20(21(11-16)33-26(30)39)37-38-22-13-19-14(10-24(22)54(48,49)50)9-18(52(42,43)44)12-23(19)53(45,46)47/h2-13H,1H2,(H3,30,33,39)(H,42,43,44)(H,45,46,47)(H,48,49,50)(H2,31,32,34,35,36)/b38-37+. The van der Waals surface area contributed by atoms with Gasteiger partial charge >= 0.3 is 6.03 Å². The summed E-state index contributed by atoms with van der Waals surface area (Å²) in [6.45, 7) is 3.27. The molecule has 21 nitrogen and oxygen atoms in total. The third kappa shape index (κ3) is 9.27. The molecule has 54 heavy (non-hydrogen) atoms. The minimum absolute atomic E-state index is 0.00160. The summed E-state index contributed by atoms with van der Waals surface area (Å²) in [5.41, 5.74) is 4.84. The second-order valence-corrected chi connectivity index (χ2v) is 17.0. The van der Waals surface area contributed by atoms with E-state index in [4.69, 9.17) is 17.3 Å². The van der Waals surface area contributed by atoms with Crippen molar-refractivity contribution in [3.63, 3.8) is 0 Å². The average molecular weight is 840 g/mol. The average Bonchev–Trinajstić information content (AvgIpc) is 3.05. The number of primary amides is 1. The van der Waals surface area contributed by atoms with Gasteiger partial charge in [0.15, 0.2) is 9.84 Å². The Morgan fingerprint density at radius 2 is 1.28 bits per heavy atom. The number of anilines is 5. The number of hydrogen-bond donors (Lipinski definition) is 7. The summed E-state index contributed by atoms with van der Waals surface area (Å²) in [5, 5.41) is 15.2. The molecule has 0 bridgehead atoms. The highest BCUT2D eigenvalue weighted by Crippen LogP contribution is 2.37. The number of aromatic nitrogens is 3. The lowest BCUT2D eigenvalue weighted by Gasteiger charge is -2.12. The maximum atomic E-state index is 12.3. The van der Waals surface area contributed by atoms with Crippen LogP contribution >= 0.6 is 11.6 Å². The summed E-state index contributed by atoms with van der Waals surface area (Å²) in [5.74, 6) is -0.183. The molecule has 0 aliphatic heterocycles. The van der Waals surface area contributed by atoms with Crippen LogP contribution in [-0.2, 0) is 40.2 Å². The third-order valence-corrected chi connectivity index (χ3v) is 11.0. The van der Waals surface area contributed by atoms with Crippen LogP contribution in [0.4, 0.5) is 45.1 Å². The Kier molecular flexibility index (Phi) is 10.7. The van der Waals surface area contributed by atoms with E-state index in [1.165, 1.54) is 42.5 Å². The van der Waals surface area contributed by atoms with Crippen LogP contribution in [0.15, 0.2) is 109 Å². The molecular weight excluding hydrogens is 818 g/mol. The molecule has 0 atom stereocenters. The second-order valence-electron chi connectivity index (χ2n) is 10.5. The summed E-state index contributed by atoms with van der Waals surface area (Å²) in [7, 11) is -19.1. The number of azo groups is 1. The number of nitrogens with two attached hydrogens (primary N) is 1. The number of urea groups is 1. The lowest BCUT2D eigenvalue weighted by atomic mass is 10.1. The highest BCUT2D eigenvalue weighted by molar-refractivity contribution is 7.94. The summed E-state index contributed by atoms with van der Waals surface area (Å²) < 4.78 is 125. The second kappa shape index (κ2) is 14.6. The van der Waals surface area contributed by atoms with Gasteiger partial charge in [-0.2, -0.15) is 40.2 Å². The Labute approximate surface area is 310 Å². The monoisotopic (exact) mass is 839 g/mol. The van der Waals surface area contributed by atoms with E-state index >= 15 is 0 Å². The Balaban J connectivity index is 1.51. The van der Waals surface area contributed by atoms with Crippen molar-refractivity contribution in [3.8, 4) is 0 Å². The van der Waals surface area contributed by atoms with Crippen molar-refractivity contribution >= 4 is 109 Å². The molecule has 1 aromatic heterocycles. The number of nitrogens with zero attached hydrogens (tertiary/aromatic N) is 5. The van der Waals surface area contributed by atoms with Gasteiger partial charge in [0.05, 0.1) is 15.5 Å². The molecule has 5 rings (SSSR count). The lowest BCUT2D eigenvalue weighted by Crippen LogP contribution is -2.19. The van der Waals surface area contributed by atoms with Crippen LogP contribution in [-0.4, -0.2) is 68.3 Å². The fourth-order valence-electron chi connectivity index (χ4n) is 4.55. The highest BCUT2D eigenvalue weighted by Gasteiger charge is 2.25. The van der Waals surface area contributed by atoms with Crippen LogP contribution in [0, 0.1) is 0 Å². The van der Waals surface area contributed by atoms with Crippen molar-refractivity contribution in [1.29, 1.82) is 0 Å². The van der Waals surface area contributed by atoms with Gasteiger partial charge in [-0.3, -0.25) is 13.7 Å². The predicted molar refractivity (Wildman–Crippen MR) is 192 cm³/mol. The van der Waals surface area contributed by atoms with E-state index < -0.39 is 77.4 Å². The topological polar surface area (TPSA) is 340 Å². The molecule has 26 heteroatoms. The van der Waals surface area contributed by atoms with Gasteiger partial charge in [-0.15, -0.1) is 10.2 Å². The number of rotatable bonds is 12. The molecule has 0 radical (unpaired) electrons. The van der Waals surface area contributed by atoms with E-state index in [0.717, 1.165) is 11.5 Å². The molecule has 0 saturated heterocycles. The minimum Gasteiger partial charge on any atom is -0.351 e. The molecule has 1 heterocycles. The zero-order valence-electron chi connectivity index (χ0n) is 26.5. The van der Waals surface area contributed by atoms with Gasteiger partial charge < -0.3 is 21.7 Å². The Hall–Kier alpha value is -5.67. The number of amides is 2. The van der Waals surface area contributed by atoms with Gasteiger partial charge in [0.25, 0.3) is 30.4 Å². The largest absolute Gasteiger partial charge is 0.351 e. The number of sulfone groups is 1. The van der Waals surface area contributed by atoms with Gasteiger partial charge in [-0.05, 0) is 83.7 Å². The normalized spacial score (nSPS) is 12.4. The zero-order valence-corrected chi connectivity index (χ0v) is 30.5. The van der Waals surface area contributed by atoms with Crippen molar-refractivity contribution in [2.75, 3.05) is 16.0 Å². The molecule has 5 aromatic rings. The fraction of sp³-hybridized carbons (Fsp3) is 0. The van der Waals surface area contributed by atoms with E-state index in [1.807, 2.05) is 0 Å². The van der Waals surface area contributed by atoms with E-state index in [0.29, 0.717) is 23.9 Å². The quantitative estimate of drug-likeness (QED) is 0.0659. The Morgan fingerprint density at radius 3 is 1.83 bits per heavy atom. The first kappa shape index (κ1) is 39.5. The fourth-order valence-corrected chi connectivity index (χ4v) is 7.41. The third-order valence-electron chi connectivity index (χ3n) is 6.86. The molecule has 0 aliphatic rings. The van der Waals surface area contributed by atoms with Crippen LogP contribution in [0.1, 0.15) is 0 Å². The number of nitrogens with one attached hydrogen (secondary N) is 3. The van der Waals surface area contributed by atoms with Crippen LogP contribution in [0.25, 0.3) is 10.8 Å². The number of fused-ring (bicyclic) bond motifs is 1. The molecular formula is C28H22ClN9O12S4. The lowest BCUT2D eigenvalue weighted by molar-refractivity contribution is 0.259. The molecule has 0 aliphatic carbocycles. The molecule has 4 aromatic carbocycles. The zero-order chi connectivity index (χ0) is 39.8. The molecule has 2 amide bonds. The SMILES string of the molecule is C=CS(=O)(=O)c1ccc(Nc2nc(Cl)nc(Nc3ccc(/N=N/c4cc5c(S(=O)(=O)O)cc(S(=O)(=O)O)cc5cc4S(=O)(=O)O)c(NC(N)=O)c3)n2)cc1. The van der Waals surface area contributed by atoms with Crippen molar-refractivity contribution in [3.05, 3.63) is 84.0 Å². The highest BCUT2D eigenvalue weighted by atomic mass is 35.5. The van der Waals surface area contributed by atoms with Crippen LogP contribution in [0.5, 0.6) is 0 Å². The summed E-state index contributed by atoms with van der Waals surface area (Å²) >= 11 is 6.08. The van der Waals surface area contributed by atoms with Gasteiger partial charge in [0, 0.05) is 22.2 Å². The van der Waals surface area contributed by atoms with E-state index in [9.17, 15) is 52.1 Å². The maximum Gasteiger partial charge on any atom is 0.316 e. The van der Waals surface area contributed by atoms with Crippen LogP contribution in [0.2, 0.25) is 5.28 Å². The summed E-state index contributed by atoms with van der Waals surface area (Å²) in [6, 6.07) is 10.8. The van der Waals surface area contributed by atoms with E-state index in [1.54, 1.807) is 0 Å². The number of benzene rings is 4. The number of halogens is 1. The first-order valence-corrected chi connectivity index (χ1v) is 20.4. The Morgan fingerprint density at radius 1 is 0.704 bits per heavy atom. The maximum absolute atomic E-state index is 12.3. The molecule has 0 fully saturated rings. The molecule has 0 spiro atoms. The summed E-state index contributed by atoms with van der Waals surface area (Å²) in [4.78, 5) is 20.9. The van der Waals surface area contributed by atoms with Gasteiger partial charge in [0.2, 0.25) is 17.2 Å². The van der Waals surface area contributed by atoms with Crippen molar-refractivity contribution in [2.45, 2.75) is 19.6 Å². The number of carbonyl (C=O) groups is 1. The first-order chi connectivity index (χ1) is 25.0. The smallest absolute Gasteiger partial charge is 0.316 e. The first-order valence-electron chi connectivity index (χ1n) is 14.1. The molecule has 0 unspecified atom stereocenters. The van der Waals surface area contributed by atoms with Crippen LogP contribution in [0.3, 0.4) is 0 Å². The van der Waals surface area contributed by atoms with Crippen molar-refractivity contribution in [1.82, 2.24) is 15.0 Å². The van der Waals surface area contributed by atoms with Gasteiger partial charge in [0.1, 0.15) is 21.2 Å². The van der Waals surface area contributed by atoms with E-state index in [2.05, 4.69) is 47.7 Å². The van der Waals surface area contributed by atoms with Gasteiger partial charge in [-0.1, -0.05) is 6.58 Å². The minimum atomic E-state index is -5.20. The number of carbonyl (C=O) groups excluding carboxylic acids is 1. The number of hydrogen-bond acceptors (Lipinski definition) is 16. The summed E-state index contributed by atoms with van der Waals surface area (Å²) in [6.07, 6.45) is 0. The Bertz CT molecular complexity index is 2860.